The Labute approximate surface area is 146 Å². The Balaban J connectivity index is 1.96. The van der Waals surface area contributed by atoms with E-state index in [0.717, 1.165) is 4.90 Å². The highest BCUT2D eigenvalue weighted by Gasteiger charge is 2.35. The molecule has 0 bridgehead atoms. The van der Waals surface area contributed by atoms with E-state index in [1.54, 1.807) is 30.9 Å². The van der Waals surface area contributed by atoms with Crippen molar-refractivity contribution in [2.45, 2.75) is 30.4 Å². The lowest BCUT2D eigenvalue weighted by Crippen LogP contribution is -2.44. The normalized spacial score (nSPS) is 20.4. The maximum Gasteiger partial charge on any atom is 0.338 e. The number of carbonyl (C=O) groups is 2. The van der Waals surface area contributed by atoms with Gasteiger partial charge in [0.1, 0.15) is 0 Å². The Bertz CT molecular complexity index is 714. The van der Waals surface area contributed by atoms with Crippen molar-refractivity contribution in [3.63, 3.8) is 0 Å². The fraction of sp³-hybridized carbons (Fsp3) is 0.500. The van der Waals surface area contributed by atoms with Crippen LogP contribution in [0.15, 0.2) is 29.2 Å². The van der Waals surface area contributed by atoms with Crippen molar-refractivity contribution < 1.29 is 22.7 Å². The number of hydrogen-bond donors (Lipinski definition) is 0. The van der Waals surface area contributed by atoms with E-state index in [0.29, 0.717) is 12.0 Å². The molecule has 8 heteroatoms. The van der Waals surface area contributed by atoms with Gasteiger partial charge in [-0.15, -0.1) is 11.8 Å². The van der Waals surface area contributed by atoms with Gasteiger partial charge < -0.3 is 9.64 Å². The lowest BCUT2D eigenvalue weighted by atomic mass is 10.2. The van der Waals surface area contributed by atoms with Gasteiger partial charge in [-0.3, -0.25) is 4.79 Å². The third kappa shape index (κ3) is 4.51. The Morgan fingerprint density at radius 3 is 2.42 bits per heavy atom. The summed E-state index contributed by atoms with van der Waals surface area (Å²) >= 11 is 1.56. The van der Waals surface area contributed by atoms with Gasteiger partial charge in [0.05, 0.1) is 17.1 Å². The zero-order valence-electron chi connectivity index (χ0n) is 13.9. The van der Waals surface area contributed by atoms with Crippen molar-refractivity contribution in [1.82, 2.24) is 4.90 Å². The SMILES string of the molecule is CSc1ccc(C(=O)O[C@H](C)C(=O)N(C)[C@H]2CCS(=O)(=O)C2)cc1. The molecule has 1 aliphatic rings. The van der Waals surface area contributed by atoms with E-state index in [-0.39, 0.29) is 17.5 Å². The Morgan fingerprint density at radius 2 is 1.92 bits per heavy atom. The van der Waals surface area contributed by atoms with Crippen molar-refractivity contribution in [3.05, 3.63) is 29.8 Å². The van der Waals surface area contributed by atoms with Crippen LogP contribution >= 0.6 is 11.8 Å². The number of benzene rings is 1. The molecule has 0 unspecified atom stereocenters. The van der Waals surface area contributed by atoms with Crippen molar-refractivity contribution in [2.24, 2.45) is 0 Å². The van der Waals surface area contributed by atoms with E-state index >= 15 is 0 Å². The second-order valence-corrected chi connectivity index (χ2v) is 8.89. The molecule has 1 fully saturated rings. The summed E-state index contributed by atoms with van der Waals surface area (Å²) in [6, 6.07) is 6.56. The average Bonchev–Trinajstić information content (AvgIpc) is 2.93. The van der Waals surface area contributed by atoms with E-state index in [1.807, 2.05) is 18.4 Å². The summed E-state index contributed by atoms with van der Waals surface area (Å²) in [6.45, 7) is 1.50. The predicted molar refractivity (Wildman–Crippen MR) is 92.9 cm³/mol. The molecule has 24 heavy (non-hydrogen) atoms. The molecule has 1 aromatic carbocycles. The van der Waals surface area contributed by atoms with Crippen LogP contribution in [0.3, 0.4) is 0 Å². The van der Waals surface area contributed by atoms with Gasteiger partial charge in [0, 0.05) is 18.0 Å². The summed E-state index contributed by atoms with van der Waals surface area (Å²) in [5.41, 5.74) is 0.374. The highest BCUT2D eigenvalue weighted by Crippen LogP contribution is 2.19. The zero-order valence-corrected chi connectivity index (χ0v) is 15.5. The van der Waals surface area contributed by atoms with Crippen LogP contribution in [0.1, 0.15) is 23.7 Å². The molecule has 2 atom stereocenters. The third-order valence-corrected chi connectivity index (χ3v) is 6.55. The average molecular weight is 371 g/mol. The number of amides is 1. The minimum atomic E-state index is -3.08. The van der Waals surface area contributed by atoms with Crippen LogP contribution < -0.4 is 0 Å². The van der Waals surface area contributed by atoms with Crippen LogP contribution in [-0.4, -0.2) is 62.1 Å². The molecule has 0 N–H and O–H groups in total. The second-order valence-electron chi connectivity index (χ2n) is 5.78. The molecule has 1 heterocycles. The van der Waals surface area contributed by atoms with Crippen molar-refractivity contribution >= 4 is 33.5 Å². The minimum absolute atomic E-state index is 0.0357. The molecule has 1 amide bonds. The number of rotatable bonds is 5. The van der Waals surface area contributed by atoms with E-state index in [4.69, 9.17) is 4.74 Å². The molecule has 0 radical (unpaired) electrons. The summed E-state index contributed by atoms with van der Waals surface area (Å²) in [5, 5.41) is 0. The molecule has 0 aromatic heterocycles. The van der Waals surface area contributed by atoms with Gasteiger partial charge in [0.25, 0.3) is 5.91 Å². The first-order chi connectivity index (χ1) is 11.2. The van der Waals surface area contributed by atoms with E-state index in [1.165, 1.54) is 11.8 Å². The fourth-order valence-electron chi connectivity index (χ4n) is 2.55. The van der Waals surface area contributed by atoms with Crippen LogP contribution in [-0.2, 0) is 19.4 Å². The van der Waals surface area contributed by atoms with Crippen molar-refractivity contribution in [1.29, 1.82) is 0 Å². The molecular weight excluding hydrogens is 350 g/mol. The molecule has 132 valence electrons. The number of thioether (sulfide) groups is 1. The summed E-state index contributed by atoms with van der Waals surface area (Å²) in [5.74, 6) is -0.917. The summed E-state index contributed by atoms with van der Waals surface area (Å²) < 4.78 is 28.3. The number of likely N-dealkylation sites (N-methyl/N-ethyl adjacent to an activating group) is 1. The lowest BCUT2D eigenvalue weighted by molar-refractivity contribution is -0.140. The van der Waals surface area contributed by atoms with Crippen LogP contribution in [0.25, 0.3) is 0 Å². The van der Waals surface area contributed by atoms with Gasteiger partial charge >= 0.3 is 5.97 Å². The number of carbonyl (C=O) groups excluding carboxylic acids is 2. The lowest BCUT2D eigenvalue weighted by Gasteiger charge is -2.26. The van der Waals surface area contributed by atoms with Crippen LogP contribution in [0.5, 0.6) is 0 Å². The van der Waals surface area contributed by atoms with Crippen LogP contribution in [0.4, 0.5) is 0 Å². The van der Waals surface area contributed by atoms with Crippen molar-refractivity contribution in [3.8, 4) is 0 Å². The number of nitrogens with zero attached hydrogens (tertiary/aromatic N) is 1. The zero-order chi connectivity index (χ0) is 17.9. The Morgan fingerprint density at radius 1 is 1.29 bits per heavy atom. The topological polar surface area (TPSA) is 80.8 Å². The van der Waals surface area contributed by atoms with E-state index < -0.39 is 27.8 Å². The molecule has 1 aromatic rings. The summed E-state index contributed by atoms with van der Waals surface area (Å²) in [7, 11) is -1.53. The molecule has 2 rings (SSSR count). The van der Waals surface area contributed by atoms with Gasteiger partial charge in [-0.05, 0) is 43.9 Å². The monoisotopic (exact) mass is 371 g/mol. The first-order valence-electron chi connectivity index (χ1n) is 7.55. The standard InChI is InChI=1S/C16H21NO5S2/c1-11(15(18)17(2)13-8-9-24(20,21)10-13)22-16(19)12-4-6-14(23-3)7-5-12/h4-7,11,13H,8-10H2,1-3H3/t11-,13+/m1/s1. The Hall–Kier alpha value is -1.54. The number of hydrogen-bond acceptors (Lipinski definition) is 6. The number of ether oxygens (including phenoxy) is 1. The third-order valence-electron chi connectivity index (χ3n) is 4.06. The second kappa shape index (κ2) is 7.57. The number of sulfone groups is 1. The van der Waals surface area contributed by atoms with Crippen LogP contribution in [0.2, 0.25) is 0 Å². The molecule has 0 aliphatic carbocycles. The molecular formula is C16H21NO5S2. The number of esters is 1. The largest absolute Gasteiger partial charge is 0.449 e. The quantitative estimate of drug-likeness (QED) is 0.578. The van der Waals surface area contributed by atoms with Gasteiger partial charge in [0.2, 0.25) is 0 Å². The first kappa shape index (κ1) is 18.8. The molecule has 0 spiro atoms. The van der Waals surface area contributed by atoms with Gasteiger partial charge in [0.15, 0.2) is 15.9 Å². The Kier molecular flexibility index (Phi) is 5.92. The highest BCUT2D eigenvalue weighted by molar-refractivity contribution is 7.98. The fourth-order valence-corrected chi connectivity index (χ4v) is 4.74. The smallest absolute Gasteiger partial charge is 0.338 e. The predicted octanol–water partition coefficient (Wildman–Crippen LogP) is 1.60. The highest BCUT2D eigenvalue weighted by atomic mass is 32.2. The maximum absolute atomic E-state index is 12.4. The van der Waals surface area contributed by atoms with E-state index in [9.17, 15) is 18.0 Å². The minimum Gasteiger partial charge on any atom is -0.449 e. The summed E-state index contributed by atoms with van der Waals surface area (Å²) in [4.78, 5) is 26.9. The van der Waals surface area contributed by atoms with Gasteiger partial charge in [-0.1, -0.05) is 0 Å². The first-order valence-corrected chi connectivity index (χ1v) is 10.6. The summed E-state index contributed by atoms with van der Waals surface area (Å²) in [6.07, 6.45) is 1.39. The molecule has 0 saturated carbocycles. The van der Waals surface area contributed by atoms with E-state index in [2.05, 4.69) is 0 Å². The maximum atomic E-state index is 12.4. The molecule has 1 saturated heterocycles. The van der Waals surface area contributed by atoms with Crippen molar-refractivity contribution in [2.75, 3.05) is 24.8 Å². The van der Waals surface area contributed by atoms with Gasteiger partial charge in [-0.2, -0.15) is 0 Å². The van der Waals surface area contributed by atoms with Gasteiger partial charge in [-0.25, -0.2) is 13.2 Å². The molecule has 1 aliphatic heterocycles. The molecule has 6 nitrogen and oxygen atoms in total. The van der Waals surface area contributed by atoms with Crippen LogP contribution in [0, 0.1) is 0 Å².